The van der Waals surface area contributed by atoms with Crippen molar-refractivity contribution in [1.82, 2.24) is 0 Å². The largest absolute Gasteiger partial charge is 0.416 e. The lowest BCUT2D eigenvalue weighted by molar-refractivity contribution is -0.137. The second-order valence-corrected chi connectivity index (χ2v) is 7.78. The molecule has 0 spiro atoms. The molecule has 0 bridgehead atoms. The fraction of sp³-hybridized carbons (Fsp3) is 0.538. The third-order valence-electron chi connectivity index (χ3n) is 3.18. The number of sulfonamides is 1. The molecule has 1 heterocycles. The van der Waals surface area contributed by atoms with Gasteiger partial charge in [0.1, 0.15) is 0 Å². The van der Waals surface area contributed by atoms with Gasteiger partial charge in [-0.15, -0.1) is 0 Å². The van der Waals surface area contributed by atoms with Crippen molar-refractivity contribution < 1.29 is 26.3 Å². The summed E-state index contributed by atoms with van der Waals surface area (Å²) in [6, 6.07) is 2.95. The second kappa shape index (κ2) is 6.76. The van der Waals surface area contributed by atoms with Crippen LogP contribution in [0.15, 0.2) is 22.7 Å². The Bertz CT molecular complexity index is 628. The maximum atomic E-state index is 12.7. The molecule has 22 heavy (non-hydrogen) atoms. The summed E-state index contributed by atoms with van der Waals surface area (Å²) in [6.45, 7) is 0.509. The van der Waals surface area contributed by atoms with Crippen molar-refractivity contribution >= 4 is 31.6 Å². The zero-order valence-electron chi connectivity index (χ0n) is 11.5. The first-order valence-corrected chi connectivity index (χ1v) is 9.10. The van der Waals surface area contributed by atoms with Crippen LogP contribution in [0.4, 0.5) is 18.9 Å². The molecule has 0 radical (unpaired) electrons. The molecule has 1 aliphatic rings. The van der Waals surface area contributed by atoms with Crippen LogP contribution in [-0.4, -0.2) is 26.9 Å². The highest BCUT2D eigenvalue weighted by molar-refractivity contribution is 9.10. The number of hydrogen-bond donors (Lipinski definition) is 1. The Balaban J connectivity index is 2.13. The smallest absolute Gasteiger partial charge is 0.377 e. The van der Waals surface area contributed by atoms with E-state index in [2.05, 4.69) is 20.7 Å². The molecule has 1 atom stereocenters. The molecule has 124 valence electrons. The van der Waals surface area contributed by atoms with Gasteiger partial charge < -0.3 is 4.74 Å². The lowest BCUT2D eigenvalue weighted by Crippen LogP contribution is -2.31. The van der Waals surface area contributed by atoms with Gasteiger partial charge in [-0.1, -0.05) is 15.9 Å². The highest BCUT2D eigenvalue weighted by atomic mass is 79.9. The Hall–Kier alpha value is -0.800. The van der Waals surface area contributed by atoms with Crippen molar-refractivity contribution in [2.75, 3.05) is 17.1 Å². The Morgan fingerprint density at radius 3 is 2.59 bits per heavy atom. The van der Waals surface area contributed by atoms with E-state index in [0.717, 1.165) is 25.0 Å². The highest BCUT2D eigenvalue weighted by Crippen LogP contribution is 2.33. The minimum absolute atomic E-state index is 0.127. The minimum atomic E-state index is -4.55. The van der Waals surface area contributed by atoms with Crippen molar-refractivity contribution in [2.45, 2.75) is 31.5 Å². The Morgan fingerprint density at radius 1 is 1.27 bits per heavy atom. The topological polar surface area (TPSA) is 55.4 Å². The van der Waals surface area contributed by atoms with E-state index >= 15 is 0 Å². The molecule has 9 heteroatoms. The number of benzene rings is 1. The molecule has 1 aromatic carbocycles. The summed E-state index contributed by atoms with van der Waals surface area (Å²) in [5.74, 6) is -0.263. The van der Waals surface area contributed by atoms with Crippen molar-refractivity contribution in [2.24, 2.45) is 0 Å². The second-order valence-electron chi connectivity index (χ2n) is 5.10. The summed E-state index contributed by atoms with van der Waals surface area (Å²) >= 11 is 2.95. The van der Waals surface area contributed by atoms with E-state index in [9.17, 15) is 21.6 Å². The first-order valence-electron chi connectivity index (χ1n) is 6.65. The minimum Gasteiger partial charge on any atom is -0.377 e. The average Bonchev–Trinajstić information content (AvgIpc) is 2.36. The predicted molar refractivity (Wildman–Crippen MR) is 80.1 cm³/mol. The van der Waals surface area contributed by atoms with Gasteiger partial charge in [-0.3, -0.25) is 4.72 Å². The molecule has 1 saturated heterocycles. The van der Waals surface area contributed by atoms with Gasteiger partial charge in [0.25, 0.3) is 0 Å². The molecule has 1 aromatic rings. The summed E-state index contributed by atoms with van der Waals surface area (Å²) in [4.78, 5) is 0. The van der Waals surface area contributed by atoms with Crippen LogP contribution in [0, 0.1) is 0 Å². The van der Waals surface area contributed by atoms with Crippen molar-refractivity contribution in [3.8, 4) is 0 Å². The summed E-state index contributed by atoms with van der Waals surface area (Å²) in [7, 11) is -3.78. The van der Waals surface area contributed by atoms with Crippen LogP contribution in [0.3, 0.4) is 0 Å². The number of nitrogens with one attached hydrogen (secondary N) is 1. The van der Waals surface area contributed by atoms with E-state index in [4.69, 9.17) is 4.74 Å². The quantitative estimate of drug-likeness (QED) is 0.834. The van der Waals surface area contributed by atoms with Gasteiger partial charge in [-0.2, -0.15) is 13.2 Å². The lowest BCUT2D eigenvalue weighted by Gasteiger charge is -2.22. The molecule has 0 saturated carbocycles. The number of alkyl halides is 3. The maximum Gasteiger partial charge on any atom is 0.416 e. The average molecular weight is 402 g/mol. The van der Waals surface area contributed by atoms with Gasteiger partial charge in [0, 0.05) is 11.1 Å². The summed E-state index contributed by atoms with van der Waals surface area (Å²) in [5.41, 5.74) is -1.05. The summed E-state index contributed by atoms with van der Waals surface area (Å²) in [6.07, 6.45) is -2.55. The Morgan fingerprint density at radius 2 is 2.00 bits per heavy atom. The summed E-state index contributed by atoms with van der Waals surface area (Å²) < 4.78 is 70.0. The molecule has 1 unspecified atom stereocenters. The zero-order chi connectivity index (χ0) is 16.4. The maximum absolute atomic E-state index is 12.7. The van der Waals surface area contributed by atoms with Gasteiger partial charge in [-0.05, 0) is 37.5 Å². The number of ether oxygens (including phenoxy) is 1. The lowest BCUT2D eigenvalue weighted by atomic mass is 10.1. The molecule has 1 aliphatic heterocycles. The van der Waals surface area contributed by atoms with Crippen LogP contribution in [0.1, 0.15) is 24.8 Å². The molecule has 0 aliphatic carbocycles. The Labute approximate surface area is 135 Å². The van der Waals surface area contributed by atoms with Crippen LogP contribution in [0.2, 0.25) is 0 Å². The van der Waals surface area contributed by atoms with E-state index in [1.807, 2.05) is 0 Å². The summed E-state index contributed by atoms with van der Waals surface area (Å²) in [5, 5.41) is 0. The normalized spacial score (nSPS) is 19.9. The predicted octanol–water partition coefficient (Wildman–Crippen LogP) is 3.78. The zero-order valence-corrected chi connectivity index (χ0v) is 13.9. The van der Waals surface area contributed by atoms with Gasteiger partial charge in [0.15, 0.2) is 0 Å². The van der Waals surface area contributed by atoms with E-state index < -0.39 is 27.9 Å². The fourth-order valence-electron chi connectivity index (χ4n) is 2.22. The third kappa shape index (κ3) is 5.13. The molecule has 2 rings (SSSR count). The molecule has 0 amide bonds. The SMILES string of the molecule is O=S(=O)(CC1CCCCO1)Nc1cc(Br)cc(C(F)(F)F)c1. The standard InChI is InChI=1S/C13H15BrF3NO3S/c14-10-5-9(13(15,16)17)6-11(7-10)18-22(19,20)8-12-3-1-2-4-21-12/h5-7,12,18H,1-4,8H2. The van der Waals surface area contributed by atoms with Gasteiger partial charge in [0.05, 0.1) is 23.1 Å². The monoisotopic (exact) mass is 401 g/mol. The van der Waals surface area contributed by atoms with Crippen LogP contribution >= 0.6 is 15.9 Å². The molecular weight excluding hydrogens is 387 g/mol. The van der Waals surface area contributed by atoms with Crippen LogP contribution in [-0.2, 0) is 20.9 Å². The fourth-order valence-corrected chi connectivity index (χ4v) is 4.02. The number of anilines is 1. The first kappa shape index (κ1) is 17.6. The van der Waals surface area contributed by atoms with Crippen LogP contribution in [0.25, 0.3) is 0 Å². The third-order valence-corrected chi connectivity index (χ3v) is 4.99. The van der Waals surface area contributed by atoms with Gasteiger partial charge >= 0.3 is 6.18 Å². The molecule has 1 fully saturated rings. The van der Waals surface area contributed by atoms with E-state index in [-0.39, 0.29) is 15.9 Å². The van der Waals surface area contributed by atoms with E-state index in [0.29, 0.717) is 13.0 Å². The number of rotatable bonds is 4. The Kier molecular flexibility index (Phi) is 5.39. The van der Waals surface area contributed by atoms with E-state index in [1.54, 1.807) is 0 Å². The molecule has 0 aromatic heterocycles. The van der Waals surface area contributed by atoms with Crippen LogP contribution in [0.5, 0.6) is 0 Å². The van der Waals surface area contributed by atoms with Crippen molar-refractivity contribution in [1.29, 1.82) is 0 Å². The van der Waals surface area contributed by atoms with Gasteiger partial charge in [0.2, 0.25) is 10.0 Å². The van der Waals surface area contributed by atoms with E-state index in [1.165, 1.54) is 6.07 Å². The molecule has 1 N–H and O–H groups in total. The number of halogens is 4. The number of hydrogen-bond acceptors (Lipinski definition) is 3. The van der Waals surface area contributed by atoms with Crippen molar-refractivity contribution in [3.05, 3.63) is 28.2 Å². The van der Waals surface area contributed by atoms with Crippen LogP contribution < -0.4 is 4.72 Å². The first-order chi connectivity index (χ1) is 10.2. The van der Waals surface area contributed by atoms with Crippen molar-refractivity contribution in [3.63, 3.8) is 0 Å². The molecular formula is C13H15BrF3NO3S. The molecule has 4 nitrogen and oxygen atoms in total. The van der Waals surface area contributed by atoms with Gasteiger partial charge in [-0.25, -0.2) is 8.42 Å². The highest BCUT2D eigenvalue weighted by Gasteiger charge is 2.31.